The summed E-state index contributed by atoms with van der Waals surface area (Å²) in [7, 11) is -3.43. The zero-order valence-electron chi connectivity index (χ0n) is 9.81. The number of aromatic nitrogens is 1. The molecule has 0 aliphatic carbocycles. The highest BCUT2D eigenvalue weighted by Crippen LogP contribution is 2.15. The summed E-state index contributed by atoms with van der Waals surface area (Å²) in [6, 6.07) is 3.53. The van der Waals surface area contributed by atoms with Gasteiger partial charge in [-0.2, -0.15) is 4.31 Å². The Morgan fingerprint density at radius 1 is 1.22 bits per heavy atom. The first-order valence-electron chi connectivity index (χ1n) is 5.72. The van der Waals surface area contributed by atoms with Crippen LogP contribution in [0, 0.1) is 0 Å². The molecular weight excluding hydrogens is 256 g/mol. The first-order valence-corrected chi connectivity index (χ1v) is 7.33. The topological polar surface area (TPSA) is 90.7 Å². The van der Waals surface area contributed by atoms with E-state index in [2.05, 4.69) is 4.98 Å². The molecule has 1 saturated heterocycles. The molecule has 2 atom stereocenters. The lowest BCUT2D eigenvalue weighted by Crippen LogP contribution is -2.32. The molecule has 1 aliphatic rings. The van der Waals surface area contributed by atoms with E-state index in [4.69, 9.17) is 0 Å². The number of aryl methyl sites for hydroxylation is 1. The van der Waals surface area contributed by atoms with Crippen LogP contribution in [0.15, 0.2) is 24.5 Å². The lowest BCUT2D eigenvalue weighted by molar-refractivity contribution is 0.0572. The number of nitrogens with zero attached hydrogens (tertiary/aromatic N) is 2. The second-order valence-corrected chi connectivity index (χ2v) is 6.46. The molecule has 0 unspecified atom stereocenters. The third kappa shape index (κ3) is 3.05. The third-order valence-electron chi connectivity index (χ3n) is 3.02. The number of sulfonamides is 1. The van der Waals surface area contributed by atoms with Crippen LogP contribution in [0.25, 0.3) is 0 Å². The Morgan fingerprint density at radius 3 is 2.33 bits per heavy atom. The van der Waals surface area contributed by atoms with E-state index in [9.17, 15) is 18.6 Å². The maximum atomic E-state index is 12.0. The zero-order valence-corrected chi connectivity index (χ0v) is 10.6. The van der Waals surface area contributed by atoms with Crippen molar-refractivity contribution >= 4 is 10.0 Å². The van der Waals surface area contributed by atoms with Gasteiger partial charge in [0.1, 0.15) is 0 Å². The first-order chi connectivity index (χ1) is 8.49. The molecule has 1 aliphatic heterocycles. The van der Waals surface area contributed by atoms with Gasteiger partial charge < -0.3 is 10.2 Å². The monoisotopic (exact) mass is 272 g/mol. The van der Waals surface area contributed by atoms with Gasteiger partial charge in [-0.15, -0.1) is 0 Å². The molecular formula is C11H16N2O4S. The molecule has 1 fully saturated rings. The van der Waals surface area contributed by atoms with Gasteiger partial charge in [-0.25, -0.2) is 8.42 Å². The maximum Gasteiger partial charge on any atom is 0.214 e. The summed E-state index contributed by atoms with van der Waals surface area (Å²) in [5.41, 5.74) is 0.897. The van der Waals surface area contributed by atoms with Crippen molar-refractivity contribution in [2.24, 2.45) is 0 Å². The van der Waals surface area contributed by atoms with Gasteiger partial charge in [0.05, 0.1) is 18.0 Å². The fraction of sp³-hybridized carbons (Fsp3) is 0.545. The lowest BCUT2D eigenvalue weighted by Gasteiger charge is -2.15. The van der Waals surface area contributed by atoms with Crippen LogP contribution in [-0.2, 0) is 16.4 Å². The second kappa shape index (κ2) is 5.31. The lowest BCUT2D eigenvalue weighted by atomic mass is 10.2. The van der Waals surface area contributed by atoms with Crippen LogP contribution < -0.4 is 0 Å². The SMILES string of the molecule is O=S(=O)(CCc1ccncc1)N1C[C@@H](O)[C@@H](O)C1. The summed E-state index contributed by atoms with van der Waals surface area (Å²) in [4.78, 5) is 3.86. The molecule has 0 radical (unpaired) electrons. The number of hydrogen-bond donors (Lipinski definition) is 2. The van der Waals surface area contributed by atoms with Crippen LogP contribution in [0.3, 0.4) is 0 Å². The van der Waals surface area contributed by atoms with Gasteiger partial charge in [0.15, 0.2) is 0 Å². The molecule has 0 saturated carbocycles. The molecule has 0 spiro atoms. The number of hydrogen-bond acceptors (Lipinski definition) is 5. The molecule has 0 bridgehead atoms. The Hall–Kier alpha value is -1.02. The molecule has 2 rings (SSSR count). The van der Waals surface area contributed by atoms with E-state index in [0.717, 1.165) is 9.87 Å². The summed E-state index contributed by atoms with van der Waals surface area (Å²) in [5, 5.41) is 18.7. The van der Waals surface area contributed by atoms with Gasteiger partial charge in [-0.05, 0) is 24.1 Å². The van der Waals surface area contributed by atoms with E-state index in [0.29, 0.717) is 6.42 Å². The number of aliphatic hydroxyl groups excluding tert-OH is 2. The fourth-order valence-electron chi connectivity index (χ4n) is 1.89. The molecule has 2 heterocycles. The molecule has 0 aromatic carbocycles. The zero-order chi connectivity index (χ0) is 13.2. The van der Waals surface area contributed by atoms with Crippen LogP contribution in [-0.4, -0.2) is 59.0 Å². The summed E-state index contributed by atoms with van der Waals surface area (Å²) in [5.74, 6) is -0.0313. The predicted octanol–water partition coefficient (Wildman–Crippen LogP) is -1.01. The molecule has 2 N–H and O–H groups in total. The smallest absolute Gasteiger partial charge is 0.214 e. The Bertz CT molecular complexity index is 481. The predicted molar refractivity (Wildman–Crippen MR) is 65.3 cm³/mol. The van der Waals surface area contributed by atoms with Crippen molar-refractivity contribution in [2.45, 2.75) is 18.6 Å². The van der Waals surface area contributed by atoms with Crippen molar-refractivity contribution in [3.63, 3.8) is 0 Å². The Kier molecular flexibility index (Phi) is 3.96. The minimum Gasteiger partial charge on any atom is -0.389 e. The van der Waals surface area contributed by atoms with Crippen molar-refractivity contribution in [3.8, 4) is 0 Å². The maximum absolute atomic E-state index is 12.0. The highest BCUT2D eigenvalue weighted by atomic mass is 32.2. The van der Waals surface area contributed by atoms with Gasteiger partial charge in [-0.3, -0.25) is 4.98 Å². The normalized spacial score (nSPS) is 25.4. The average Bonchev–Trinajstić information content (AvgIpc) is 2.70. The van der Waals surface area contributed by atoms with Crippen molar-refractivity contribution in [3.05, 3.63) is 30.1 Å². The summed E-state index contributed by atoms with van der Waals surface area (Å²) in [6.07, 6.45) is 1.66. The number of β-amino-alcohol motifs (C(OH)–C–C–N with tert-alkyl or cyclic N) is 2. The van der Waals surface area contributed by atoms with Crippen LogP contribution in [0.2, 0.25) is 0 Å². The Morgan fingerprint density at radius 2 is 1.78 bits per heavy atom. The molecule has 100 valence electrons. The van der Waals surface area contributed by atoms with Crippen molar-refractivity contribution in [1.82, 2.24) is 9.29 Å². The van der Waals surface area contributed by atoms with Gasteiger partial charge in [0.25, 0.3) is 0 Å². The Labute approximate surface area is 106 Å². The summed E-state index contributed by atoms with van der Waals surface area (Å²) < 4.78 is 25.1. The Balaban J connectivity index is 1.96. The highest BCUT2D eigenvalue weighted by molar-refractivity contribution is 7.89. The fourth-order valence-corrected chi connectivity index (χ4v) is 3.40. The van der Waals surface area contributed by atoms with E-state index in [-0.39, 0.29) is 18.8 Å². The minimum absolute atomic E-state index is 0.0279. The highest BCUT2D eigenvalue weighted by Gasteiger charge is 2.36. The third-order valence-corrected chi connectivity index (χ3v) is 4.82. The average molecular weight is 272 g/mol. The molecule has 7 heteroatoms. The number of rotatable bonds is 4. The molecule has 18 heavy (non-hydrogen) atoms. The van der Waals surface area contributed by atoms with Gasteiger partial charge in [0, 0.05) is 25.5 Å². The molecule has 0 amide bonds. The van der Waals surface area contributed by atoms with Crippen LogP contribution in [0.1, 0.15) is 5.56 Å². The van der Waals surface area contributed by atoms with E-state index in [1.165, 1.54) is 0 Å². The van der Waals surface area contributed by atoms with Gasteiger partial charge >= 0.3 is 0 Å². The second-order valence-electron chi connectivity index (χ2n) is 4.37. The quantitative estimate of drug-likeness (QED) is 0.733. The van der Waals surface area contributed by atoms with Crippen LogP contribution in [0.5, 0.6) is 0 Å². The molecule has 6 nitrogen and oxygen atoms in total. The van der Waals surface area contributed by atoms with Crippen LogP contribution in [0.4, 0.5) is 0 Å². The summed E-state index contributed by atoms with van der Waals surface area (Å²) >= 11 is 0. The van der Waals surface area contributed by atoms with Crippen molar-refractivity contribution in [1.29, 1.82) is 0 Å². The molecule has 1 aromatic heterocycles. The van der Waals surface area contributed by atoms with Crippen molar-refractivity contribution < 1.29 is 18.6 Å². The standard InChI is InChI=1S/C11H16N2O4S/c14-10-7-13(8-11(10)15)18(16,17)6-3-9-1-4-12-5-2-9/h1-2,4-5,10-11,14-15H,3,6-8H2/t10-,11+. The number of aliphatic hydroxyl groups is 2. The largest absolute Gasteiger partial charge is 0.389 e. The van der Waals surface area contributed by atoms with Gasteiger partial charge in [-0.1, -0.05) is 0 Å². The minimum atomic E-state index is -3.43. The van der Waals surface area contributed by atoms with Crippen molar-refractivity contribution in [2.75, 3.05) is 18.8 Å². The van der Waals surface area contributed by atoms with E-state index in [1.807, 2.05) is 0 Å². The van der Waals surface area contributed by atoms with Crippen LogP contribution >= 0.6 is 0 Å². The van der Waals surface area contributed by atoms with E-state index < -0.39 is 22.2 Å². The molecule has 1 aromatic rings. The van der Waals surface area contributed by atoms with E-state index >= 15 is 0 Å². The number of pyridine rings is 1. The summed E-state index contributed by atoms with van der Waals surface area (Å²) in [6.45, 7) is -0.0559. The first kappa shape index (κ1) is 13.4. The van der Waals surface area contributed by atoms with E-state index in [1.54, 1.807) is 24.5 Å². The van der Waals surface area contributed by atoms with Gasteiger partial charge in [0.2, 0.25) is 10.0 Å².